The SMILES string of the molecule is CC1CC(C)C2OC3=C(C(=O)C2C1)C(c1ccccc1F)N(CCCO)C3=O. The van der Waals surface area contributed by atoms with Crippen LogP contribution in [0.3, 0.4) is 0 Å². The molecule has 150 valence electrons. The fraction of sp³-hybridized carbons (Fsp3) is 0.545. The van der Waals surface area contributed by atoms with Crippen molar-refractivity contribution in [2.75, 3.05) is 13.2 Å². The van der Waals surface area contributed by atoms with Crippen molar-refractivity contribution in [1.29, 1.82) is 0 Å². The number of rotatable bonds is 4. The number of aliphatic hydroxyl groups excluding tert-OH is 1. The summed E-state index contributed by atoms with van der Waals surface area (Å²) in [5.41, 5.74) is 0.585. The Morgan fingerprint density at radius 2 is 1.96 bits per heavy atom. The summed E-state index contributed by atoms with van der Waals surface area (Å²) in [5.74, 6) is -0.551. The summed E-state index contributed by atoms with van der Waals surface area (Å²) >= 11 is 0. The first-order valence-electron chi connectivity index (χ1n) is 10.0. The highest BCUT2D eigenvalue weighted by molar-refractivity contribution is 6.11. The lowest BCUT2D eigenvalue weighted by Crippen LogP contribution is -2.45. The fourth-order valence-corrected chi connectivity index (χ4v) is 5.11. The van der Waals surface area contributed by atoms with Crippen LogP contribution >= 0.6 is 0 Å². The van der Waals surface area contributed by atoms with Gasteiger partial charge in [-0.25, -0.2) is 4.39 Å². The molecule has 0 radical (unpaired) electrons. The van der Waals surface area contributed by atoms with E-state index in [9.17, 15) is 19.1 Å². The normalized spacial score (nSPS) is 32.3. The number of amides is 1. The van der Waals surface area contributed by atoms with Gasteiger partial charge in [-0.15, -0.1) is 0 Å². The average Bonchev–Trinajstić information content (AvgIpc) is 2.94. The van der Waals surface area contributed by atoms with Crippen molar-refractivity contribution in [2.24, 2.45) is 17.8 Å². The maximum atomic E-state index is 14.6. The Bertz CT molecular complexity index is 836. The minimum Gasteiger partial charge on any atom is -0.483 e. The molecule has 0 bridgehead atoms. The van der Waals surface area contributed by atoms with E-state index in [0.29, 0.717) is 17.9 Å². The molecule has 1 amide bonds. The molecule has 0 aromatic heterocycles. The van der Waals surface area contributed by atoms with Crippen molar-refractivity contribution in [1.82, 2.24) is 4.90 Å². The quantitative estimate of drug-likeness (QED) is 0.863. The molecule has 1 aromatic rings. The summed E-state index contributed by atoms with van der Waals surface area (Å²) in [4.78, 5) is 28.1. The van der Waals surface area contributed by atoms with Crippen LogP contribution in [0.1, 0.15) is 44.7 Å². The highest BCUT2D eigenvalue weighted by atomic mass is 19.1. The summed E-state index contributed by atoms with van der Waals surface area (Å²) in [5, 5.41) is 9.24. The first-order chi connectivity index (χ1) is 13.4. The molecular formula is C22H26FNO4. The van der Waals surface area contributed by atoms with E-state index in [1.54, 1.807) is 18.2 Å². The molecule has 5 nitrogen and oxygen atoms in total. The van der Waals surface area contributed by atoms with Crippen molar-refractivity contribution in [2.45, 2.75) is 45.3 Å². The van der Waals surface area contributed by atoms with E-state index in [2.05, 4.69) is 13.8 Å². The minimum atomic E-state index is -0.795. The van der Waals surface area contributed by atoms with E-state index in [0.717, 1.165) is 12.8 Å². The molecule has 3 aliphatic rings. The van der Waals surface area contributed by atoms with Crippen LogP contribution in [0.25, 0.3) is 0 Å². The van der Waals surface area contributed by atoms with Gasteiger partial charge in [0.2, 0.25) is 0 Å². The van der Waals surface area contributed by atoms with Gasteiger partial charge >= 0.3 is 0 Å². The van der Waals surface area contributed by atoms with Gasteiger partial charge < -0.3 is 14.7 Å². The number of hydrogen-bond acceptors (Lipinski definition) is 4. The molecule has 0 saturated heterocycles. The van der Waals surface area contributed by atoms with Gasteiger partial charge in [-0.3, -0.25) is 9.59 Å². The number of ether oxygens (including phenoxy) is 1. The lowest BCUT2D eigenvalue weighted by atomic mass is 9.70. The lowest BCUT2D eigenvalue weighted by Gasteiger charge is -2.41. The predicted octanol–water partition coefficient (Wildman–Crippen LogP) is 3.00. The predicted molar refractivity (Wildman–Crippen MR) is 101 cm³/mol. The molecule has 5 atom stereocenters. The van der Waals surface area contributed by atoms with Crippen LogP contribution in [0.15, 0.2) is 35.6 Å². The van der Waals surface area contributed by atoms with Gasteiger partial charge in [-0.05, 0) is 37.2 Å². The van der Waals surface area contributed by atoms with Crippen LogP contribution in [0, 0.1) is 23.6 Å². The Morgan fingerprint density at radius 1 is 1.21 bits per heavy atom. The third-order valence-corrected chi connectivity index (χ3v) is 6.29. The third kappa shape index (κ3) is 2.94. The average molecular weight is 387 g/mol. The van der Waals surface area contributed by atoms with E-state index in [-0.39, 0.29) is 54.1 Å². The molecule has 1 saturated carbocycles. The Balaban J connectivity index is 1.80. The van der Waals surface area contributed by atoms with Gasteiger partial charge in [0.15, 0.2) is 11.5 Å². The Morgan fingerprint density at radius 3 is 2.68 bits per heavy atom. The van der Waals surface area contributed by atoms with Gasteiger partial charge in [0.25, 0.3) is 5.91 Å². The second kappa shape index (κ2) is 7.32. The Kier molecular flexibility index (Phi) is 5.00. The van der Waals surface area contributed by atoms with E-state index >= 15 is 0 Å². The Hall–Kier alpha value is -2.21. The summed E-state index contributed by atoms with van der Waals surface area (Å²) in [6.45, 7) is 4.33. The largest absolute Gasteiger partial charge is 0.483 e. The second-order valence-electron chi connectivity index (χ2n) is 8.35. The first-order valence-corrected chi connectivity index (χ1v) is 10.0. The number of carbonyl (C=O) groups is 2. The fourth-order valence-electron chi connectivity index (χ4n) is 5.11. The number of ketones is 1. The minimum absolute atomic E-state index is 0.0823. The number of nitrogens with zero attached hydrogens (tertiary/aromatic N) is 1. The van der Waals surface area contributed by atoms with E-state index < -0.39 is 11.9 Å². The molecule has 4 rings (SSSR count). The number of aliphatic hydroxyl groups is 1. The van der Waals surface area contributed by atoms with Gasteiger partial charge in [0, 0.05) is 18.7 Å². The molecule has 28 heavy (non-hydrogen) atoms. The summed E-state index contributed by atoms with van der Waals surface area (Å²) in [7, 11) is 0. The van der Waals surface area contributed by atoms with Gasteiger partial charge in [0.05, 0.1) is 17.5 Å². The topological polar surface area (TPSA) is 66.8 Å². The maximum absolute atomic E-state index is 14.6. The van der Waals surface area contributed by atoms with Crippen LogP contribution in [0.5, 0.6) is 0 Å². The van der Waals surface area contributed by atoms with Gasteiger partial charge in [-0.2, -0.15) is 0 Å². The smallest absolute Gasteiger partial charge is 0.290 e. The van der Waals surface area contributed by atoms with E-state index in [1.165, 1.54) is 11.0 Å². The van der Waals surface area contributed by atoms with Gasteiger partial charge in [0.1, 0.15) is 11.9 Å². The van der Waals surface area contributed by atoms with Crippen molar-refractivity contribution < 1.29 is 23.8 Å². The Labute approximate surface area is 164 Å². The number of fused-ring (bicyclic) bond motifs is 1. The van der Waals surface area contributed by atoms with E-state index in [1.807, 2.05) is 0 Å². The molecule has 2 heterocycles. The highest BCUT2D eigenvalue weighted by Gasteiger charge is 2.54. The number of Topliss-reactive ketones (excluding diaryl/α,β-unsaturated/α-hetero) is 1. The van der Waals surface area contributed by atoms with Crippen molar-refractivity contribution >= 4 is 11.7 Å². The standard InChI is InChI=1S/C22H26FNO4/c1-12-10-13(2)20-15(11-12)19(26)17-18(14-6-3-4-7-16(14)23)24(8-5-9-25)22(27)21(17)28-20/h3-4,6-7,12-13,15,18,20,25H,5,8-11H2,1-2H3. The van der Waals surface area contributed by atoms with Gasteiger partial charge in [-0.1, -0.05) is 32.0 Å². The second-order valence-corrected chi connectivity index (χ2v) is 8.35. The summed E-state index contributed by atoms with van der Waals surface area (Å²) in [6, 6.07) is 5.44. The first kappa shape index (κ1) is 19.1. The molecule has 1 N–H and O–H groups in total. The maximum Gasteiger partial charge on any atom is 0.290 e. The van der Waals surface area contributed by atoms with Crippen LogP contribution in [-0.2, 0) is 14.3 Å². The van der Waals surface area contributed by atoms with Crippen LogP contribution in [-0.4, -0.2) is 41.0 Å². The number of carbonyl (C=O) groups excluding carboxylic acids is 2. The van der Waals surface area contributed by atoms with Crippen LogP contribution in [0.2, 0.25) is 0 Å². The van der Waals surface area contributed by atoms with Crippen molar-refractivity contribution in [3.63, 3.8) is 0 Å². The molecule has 1 fully saturated rings. The zero-order chi connectivity index (χ0) is 20.0. The lowest BCUT2D eigenvalue weighted by molar-refractivity contribution is -0.139. The molecule has 0 spiro atoms. The van der Waals surface area contributed by atoms with Crippen molar-refractivity contribution in [3.05, 3.63) is 47.0 Å². The summed E-state index contributed by atoms with van der Waals surface area (Å²) < 4.78 is 20.8. The summed E-state index contributed by atoms with van der Waals surface area (Å²) in [6.07, 6.45) is 1.73. The number of hydrogen-bond donors (Lipinski definition) is 1. The monoisotopic (exact) mass is 387 g/mol. The molecule has 5 unspecified atom stereocenters. The number of halogens is 1. The molecule has 1 aliphatic carbocycles. The highest BCUT2D eigenvalue weighted by Crippen LogP contribution is 2.49. The van der Waals surface area contributed by atoms with Crippen LogP contribution in [0.4, 0.5) is 4.39 Å². The van der Waals surface area contributed by atoms with Crippen molar-refractivity contribution in [3.8, 4) is 0 Å². The number of benzene rings is 1. The van der Waals surface area contributed by atoms with Crippen LogP contribution < -0.4 is 0 Å². The molecule has 6 heteroatoms. The zero-order valence-electron chi connectivity index (χ0n) is 16.2. The van der Waals surface area contributed by atoms with E-state index in [4.69, 9.17) is 4.74 Å². The zero-order valence-corrected chi connectivity index (χ0v) is 16.2. The molecule has 2 aliphatic heterocycles. The molecule has 1 aromatic carbocycles. The third-order valence-electron chi connectivity index (χ3n) is 6.29. The molecular weight excluding hydrogens is 361 g/mol.